The van der Waals surface area contributed by atoms with Crippen LogP contribution in [0.4, 0.5) is 5.69 Å². The maximum absolute atomic E-state index is 12.2. The van der Waals surface area contributed by atoms with E-state index >= 15 is 0 Å². The normalized spacial score (nSPS) is 18.1. The van der Waals surface area contributed by atoms with Gasteiger partial charge in [0.05, 0.1) is 0 Å². The van der Waals surface area contributed by atoms with E-state index in [-0.39, 0.29) is 17.2 Å². The zero-order valence-electron chi connectivity index (χ0n) is 14.7. The molecule has 1 N–H and O–H groups in total. The lowest BCUT2D eigenvalue weighted by atomic mass is 10.0. The van der Waals surface area contributed by atoms with Gasteiger partial charge in [0.2, 0.25) is 0 Å². The van der Waals surface area contributed by atoms with E-state index < -0.39 is 0 Å². The van der Waals surface area contributed by atoms with Crippen molar-refractivity contribution in [1.29, 1.82) is 0 Å². The minimum Gasteiger partial charge on any atom is -0.321 e. The number of amides is 1. The van der Waals surface area contributed by atoms with E-state index in [0.29, 0.717) is 6.04 Å². The van der Waals surface area contributed by atoms with E-state index in [2.05, 4.69) is 22.2 Å². The fourth-order valence-electron chi connectivity index (χ4n) is 3.14. The minimum atomic E-state index is -0.326. The summed E-state index contributed by atoms with van der Waals surface area (Å²) >= 11 is 0. The third kappa shape index (κ3) is 4.33. The molecular formula is C19H24N4O2. The molecule has 1 saturated heterocycles. The molecule has 0 aliphatic carbocycles. The van der Waals surface area contributed by atoms with Gasteiger partial charge in [-0.2, -0.15) is 5.10 Å². The molecule has 1 fully saturated rings. The Morgan fingerprint density at radius 3 is 2.64 bits per heavy atom. The Balaban J connectivity index is 1.62. The fourth-order valence-corrected chi connectivity index (χ4v) is 3.14. The molecule has 0 radical (unpaired) electrons. The van der Waals surface area contributed by atoms with Gasteiger partial charge < -0.3 is 5.32 Å². The van der Waals surface area contributed by atoms with Crippen LogP contribution in [0.1, 0.15) is 42.2 Å². The van der Waals surface area contributed by atoms with Gasteiger partial charge in [0, 0.05) is 31.4 Å². The number of nitrogens with zero attached hydrogens (tertiary/aromatic N) is 3. The average molecular weight is 340 g/mol. The molecule has 2 heterocycles. The Kier molecular flexibility index (Phi) is 5.28. The van der Waals surface area contributed by atoms with E-state index in [9.17, 15) is 9.59 Å². The van der Waals surface area contributed by atoms with E-state index in [4.69, 9.17) is 0 Å². The second-order valence-electron chi connectivity index (χ2n) is 6.65. The summed E-state index contributed by atoms with van der Waals surface area (Å²) in [5.41, 5.74) is 1.93. The summed E-state index contributed by atoms with van der Waals surface area (Å²) in [5, 5.41) is 6.77. The third-order valence-corrected chi connectivity index (χ3v) is 4.73. The number of hydrogen-bond acceptors (Lipinski definition) is 4. The van der Waals surface area contributed by atoms with Crippen LogP contribution in [0.2, 0.25) is 0 Å². The van der Waals surface area contributed by atoms with Gasteiger partial charge in [-0.25, -0.2) is 4.68 Å². The predicted molar refractivity (Wildman–Crippen MR) is 97.6 cm³/mol. The summed E-state index contributed by atoms with van der Waals surface area (Å²) < 4.78 is 1.15. The summed E-state index contributed by atoms with van der Waals surface area (Å²) in [6, 6.07) is 11.3. The van der Waals surface area contributed by atoms with Crippen molar-refractivity contribution < 1.29 is 4.79 Å². The maximum Gasteiger partial charge on any atom is 0.276 e. The molecule has 1 unspecified atom stereocenters. The molecular weight excluding hydrogens is 316 g/mol. The van der Waals surface area contributed by atoms with Crippen molar-refractivity contribution in [2.75, 3.05) is 11.9 Å². The van der Waals surface area contributed by atoms with Gasteiger partial charge in [0.25, 0.3) is 11.5 Å². The average Bonchev–Trinajstić information content (AvgIpc) is 2.61. The highest BCUT2D eigenvalue weighted by molar-refractivity contribution is 6.02. The number of carbonyl (C=O) groups excluding carboxylic acids is 1. The summed E-state index contributed by atoms with van der Waals surface area (Å²) in [6.45, 7) is 4.38. The molecule has 6 nitrogen and oxygen atoms in total. The second kappa shape index (κ2) is 7.61. The van der Waals surface area contributed by atoms with Gasteiger partial charge in [-0.15, -0.1) is 0 Å². The van der Waals surface area contributed by atoms with Crippen LogP contribution in [0.3, 0.4) is 0 Å². The molecule has 2 aromatic rings. The van der Waals surface area contributed by atoms with Crippen LogP contribution in [-0.4, -0.2) is 33.2 Å². The second-order valence-corrected chi connectivity index (χ2v) is 6.65. The number of likely N-dealkylation sites (tertiary alicyclic amines) is 1. The lowest BCUT2D eigenvalue weighted by Crippen LogP contribution is -2.36. The predicted octanol–water partition coefficient (Wildman–Crippen LogP) is 2.41. The third-order valence-electron chi connectivity index (χ3n) is 4.73. The molecule has 3 rings (SSSR count). The molecule has 6 heteroatoms. The highest BCUT2D eigenvalue weighted by Gasteiger charge is 2.18. The van der Waals surface area contributed by atoms with Gasteiger partial charge in [0.15, 0.2) is 0 Å². The maximum atomic E-state index is 12.2. The van der Waals surface area contributed by atoms with Crippen molar-refractivity contribution in [2.45, 2.75) is 38.8 Å². The van der Waals surface area contributed by atoms with E-state index in [1.807, 2.05) is 24.3 Å². The highest BCUT2D eigenvalue weighted by Crippen LogP contribution is 2.20. The molecule has 1 aromatic heterocycles. The number of hydrogen-bond donors (Lipinski definition) is 1. The van der Waals surface area contributed by atoms with Crippen molar-refractivity contribution in [1.82, 2.24) is 14.7 Å². The van der Waals surface area contributed by atoms with Crippen LogP contribution in [0.5, 0.6) is 0 Å². The highest BCUT2D eigenvalue weighted by atomic mass is 16.2. The molecule has 1 aliphatic heterocycles. The monoisotopic (exact) mass is 340 g/mol. The molecule has 0 spiro atoms. The molecule has 0 saturated carbocycles. The lowest BCUT2D eigenvalue weighted by Gasteiger charge is -2.33. The van der Waals surface area contributed by atoms with E-state index in [1.165, 1.54) is 44.0 Å². The fraction of sp³-hybridized carbons (Fsp3) is 0.421. The summed E-state index contributed by atoms with van der Waals surface area (Å²) in [5.74, 6) is -0.326. The first-order chi connectivity index (χ1) is 12.0. The summed E-state index contributed by atoms with van der Waals surface area (Å²) in [4.78, 5) is 26.1. The van der Waals surface area contributed by atoms with Crippen LogP contribution in [0.15, 0.2) is 41.2 Å². The quantitative estimate of drug-likeness (QED) is 0.928. The van der Waals surface area contributed by atoms with Crippen molar-refractivity contribution in [2.24, 2.45) is 7.05 Å². The first-order valence-electron chi connectivity index (χ1n) is 8.71. The summed E-state index contributed by atoms with van der Waals surface area (Å²) in [7, 11) is 1.52. The Labute approximate surface area is 147 Å². The Morgan fingerprint density at radius 2 is 1.96 bits per heavy atom. The first-order valence-corrected chi connectivity index (χ1v) is 8.71. The molecule has 1 aromatic carbocycles. The van der Waals surface area contributed by atoms with Crippen LogP contribution in [-0.2, 0) is 13.6 Å². The molecule has 1 amide bonds. The molecule has 1 atom stereocenters. The topological polar surface area (TPSA) is 67.2 Å². The Morgan fingerprint density at radius 1 is 1.20 bits per heavy atom. The molecule has 1 aliphatic rings. The molecule has 132 valence electrons. The SMILES string of the molecule is CC1CCCCN1Cc1ccc(NC(=O)c2ccc(=O)n(C)n2)cc1. The van der Waals surface area contributed by atoms with Gasteiger partial charge in [0.1, 0.15) is 5.69 Å². The Hall–Kier alpha value is -2.47. The van der Waals surface area contributed by atoms with Gasteiger partial charge in [-0.3, -0.25) is 14.5 Å². The van der Waals surface area contributed by atoms with Crippen molar-refractivity contribution in [3.63, 3.8) is 0 Å². The van der Waals surface area contributed by atoms with Crippen LogP contribution in [0, 0.1) is 0 Å². The number of carbonyl (C=O) groups is 1. The number of rotatable bonds is 4. The summed E-state index contributed by atoms with van der Waals surface area (Å²) in [6.07, 6.45) is 3.85. The van der Waals surface area contributed by atoms with Crippen LogP contribution < -0.4 is 10.9 Å². The minimum absolute atomic E-state index is 0.216. The standard InChI is InChI=1S/C19H24N4O2/c1-14-5-3-4-12-23(14)13-15-6-8-16(9-7-15)20-19(25)17-10-11-18(24)22(2)21-17/h6-11,14H,3-5,12-13H2,1-2H3,(H,20,25). The van der Waals surface area contributed by atoms with Gasteiger partial charge in [-0.1, -0.05) is 18.6 Å². The zero-order chi connectivity index (χ0) is 17.8. The van der Waals surface area contributed by atoms with Crippen LogP contribution >= 0.6 is 0 Å². The number of nitrogens with one attached hydrogen (secondary N) is 1. The first kappa shape index (κ1) is 17.4. The number of anilines is 1. The number of aryl methyl sites for hydroxylation is 1. The van der Waals surface area contributed by atoms with Crippen molar-refractivity contribution in [3.8, 4) is 0 Å². The number of aromatic nitrogens is 2. The van der Waals surface area contributed by atoms with E-state index in [0.717, 1.165) is 23.5 Å². The van der Waals surface area contributed by atoms with E-state index in [1.54, 1.807) is 0 Å². The van der Waals surface area contributed by atoms with Crippen molar-refractivity contribution >= 4 is 11.6 Å². The lowest BCUT2D eigenvalue weighted by molar-refractivity contribution is 0.102. The van der Waals surface area contributed by atoms with Crippen molar-refractivity contribution in [3.05, 3.63) is 58.0 Å². The molecule has 0 bridgehead atoms. The number of benzene rings is 1. The number of piperidine rings is 1. The molecule has 25 heavy (non-hydrogen) atoms. The largest absolute Gasteiger partial charge is 0.321 e. The van der Waals surface area contributed by atoms with Gasteiger partial charge >= 0.3 is 0 Å². The van der Waals surface area contributed by atoms with Crippen LogP contribution in [0.25, 0.3) is 0 Å². The zero-order valence-corrected chi connectivity index (χ0v) is 14.7. The smallest absolute Gasteiger partial charge is 0.276 e. The van der Waals surface area contributed by atoms with Gasteiger partial charge in [-0.05, 0) is 50.1 Å². The Bertz CT molecular complexity index is 798.